The van der Waals surface area contributed by atoms with Gasteiger partial charge in [0.05, 0.1) is 5.56 Å². The fourth-order valence-electron chi connectivity index (χ4n) is 2.18. The van der Waals surface area contributed by atoms with Crippen molar-refractivity contribution in [3.8, 4) is 0 Å². The summed E-state index contributed by atoms with van der Waals surface area (Å²) in [5.74, 6) is -0.130. The van der Waals surface area contributed by atoms with Gasteiger partial charge in [-0.05, 0) is 46.5 Å². The average Bonchev–Trinajstić information content (AvgIpc) is 2.32. The highest BCUT2D eigenvalue weighted by Gasteiger charge is 2.27. The van der Waals surface area contributed by atoms with Gasteiger partial charge < -0.3 is 10.6 Å². The molecule has 2 N–H and O–H groups in total. The predicted molar refractivity (Wildman–Crippen MR) is 71.8 cm³/mol. The normalized spacial score (nSPS) is 24.1. The van der Waals surface area contributed by atoms with Crippen LogP contribution in [0.5, 0.6) is 0 Å². The second-order valence-electron chi connectivity index (χ2n) is 4.81. The maximum absolute atomic E-state index is 13.0. The summed E-state index contributed by atoms with van der Waals surface area (Å²) in [6.07, 6.45) is 0.811. The molecule has 1 aliphatic rings. The molecule has 1 saturated heterocycles. The molecule has 1 aromatic rings. The van der Waals surface area contributed by atoms with E-state index in [0.29, 0.717) is 29.0 Å². The molecule has 0 aliphatic carbocycles. The molecule has 1 fully saturated rings. The van der Waals surface area contributed by atoms with Gasteiger partial charge in [-0.25, -0.2) is 4.39 Å². The Balaban J connectivity index is 2.16. The van der Waals surface area contributed by atoms with Gasteiger partial charge in [0.1, 0.15) is 5.82 Å². The van der Waals surface area contributed by atoms with E-state index >= 15 is 0 Å². The van der Waals surface area contributed by atoms with E-state index in [9.17, 15) is 9.18 Å². The number of nitrogens with two attached hydrogens (primary N) is 1. The minimum absolute atomic E-state index is 0.0689. The Morgan fingerprint density at radius 2 is 2.28 bits per heavy atom. The molecule has 0 radical (unpaired) electrons. The van der Waals surface area contributed by atoms with Crippen LogP contribution in [0, 0.1) is 11.7 Å². The highest BCUT2D eigenvalue weighted by atomic mass is 79.9. The van der Waals surface area contributed by atoms with Crippen LogP contribution in [-0.4, -0.2) is 29.9 Å². The summed E-state index contributed by atoms with van der Waals surface area (Å²) in [6.45, 7) is 3.36. The fraction of sp³-hybridized carbons (Fsp3) is 0.462. The number of piperidine rings is 1. The van der Waals surface area contributed by atoms with Crippen molar-refractivity contribution >= 4 is 21.8 Å². The zero-order chi connectivity index (χ0) is 13.3. The SMILES string of the molecule is CC1CN(C(=O)c2ccc(F)cc2Br)CCC1N. The van der Waals surface area contributed by atoms with Crippen LogP contribution in [0.4, 0.5) is 4.39 Å². The van der Waals surface area contributed by atoms with E-state index in [4.69, 9.17) is 5.73 Å². The number of carbonyl (C=O) groups excluding carboxylic acids is 1. The van der Waals surface area contributed by atoms with Gasteiger partial charge in [-0.2, -0.15) is 0 Å². The Bertz CT molecular complexity index is 466. The third-order valence-corrected chi connectivity index (χ3v) is 4.08. The number of likely N-dealkylation sites (tertiary alicyclic amines) is 1. The number of hydrogen-bond acceptors (Lipinski definition) is 2. The highest BCUT2D eigenvalue weighted by Crippen LogP contribution is 2.22. The van der Waals surface area contributed by atoms with Crippen LogP contribution in [0.25, 0.3) is 0 Å². The van der Waals surface area contributed by atoms with Crippen LogP contribution in [0.1, 0.15) is 23.7 Å². The van der Waals surface area contributed by atoms with Crippen molar-refractivity contribution in [2.24, 2.45) is 11.7 Å². The lowest BCUT2D eigenvalue weighted by Crippen LogP contribution is -2.48. The molecule has 1 aliphatic heterocycles. The number of halogens is 2. The van der Waals surface area contributed by atoms with Gasteiger partial charge >= 0.3 is 0 Å². The lowest BCUT2D eigenvalue weighted by atomic mass is 9.94. The Hall–Kier alpha value is -0.940. The first-order chi connectivity index (χ1) is 8.49. The molecule has 0 bridgehead atoms. The summed E-state index contributed by atoms with van der Waals surface area (Å²) in [6, 6.07) is 4.29. The third kappa shape index (κ3) is 2.72. The summed E-state index contributed by atoms with van der Waals surface area (Å²) in [5, 5.41) is 0. The van der Waals surface area contributed by atoms with Crippen LogP contribution in [0.15, 0.2) is 22.7 Å². The molecule has 98 valence electrons. The van der Waals surface area contributed by atoms with Crippen LogP contribution in [-0.2, 0) is 0 Å². The first-order valence-electron chi connectivity index (χ1n) is 5.99. The Kier molecular flexibility index (Phi) is 4.02. The van der Waals surface area contributed by atoms with Crippen molar-refractivity contribution in [2.45, 2.75) is 19.4 Å². The quantitative estimate of drug-likeness (QED) is 0.865. The highest BCUT2D eigenvalue weighted by molar-refractivity contribution is 9.10. The van der Waals surface area contributed by atoms with Gasteiger partial charge in [0.25, 0.3) is 5.91 Å². The Morgan fingerprint density at radius 1 is 1.56 bits per heavy atom. The number of carbonyl (C=O) groups is 1. The molecule has 1 aromatic carbocycles. The van der Waals surface area contributed by atoms with Gasteiger partial charge in [-0.1, -0.05) is 6.92 Å². The molecule has 0 aromatic heterocycles. The number of hydrogen-bond donors (Lipinski definition) is 1. The summed E-state index contributed by atoms with van der Waals surface area (Å²) in [5.41, 5.74) is 6.43. The summed E-state index contributed by atoms with van der Waals surface area (Å²) >= 11 is 3.23. The maximum Gasteiger partial charge on any atom is 0.255 e. The van der Waals surface area contributed by atoms with Crippen LogP contribution >= 0.6 is 15.9 Å². The van der Waals surface area contributed by atoms with Crippen molar-refractivity contribution < 1.29 is 9.18 Å². The molecule has 1 amide bonds. The molecule has 3 nitrogen and oxygen atoms in total. The summed E-state index contributed by atoms with van der Waals surface area (Å²) in [4.78, 5) is 14.1. The average molecular weight is 315 g/mol. The molecular weight excluding hydrogens is 299 g/mol. The zero-order valence-corrected chi connectivity index (χ0v) is 11.8. The molecule has 0 saturated carbocycles. The van der Waals surface area contributed by atoms with Gasteiger partial charge in [-0.3, -0.25) is 4.79 Å². The van der Waals surface area contributed by atoms with E-state index < -0.39 is 0 Å². The Labute approximate surface area is 114 Å². The fourth-order valence-corrected chi connectivity index (χ4v) is 2.70. The van der Waals surface area contributed by atoms with E-state index in [0.717, 1.165) is 6.42 Å². The molecule has 2 atom stereocenters. The summed E-state index contributed by atoms with van der Waals surface area (Å²) in [7, 11) is 0. The lowest BCUT2D eigenvalue weighted by molar-refractivity contribution is 0.0663. The standard InChI is InChI=1S/C13H16BrFN2O/c1-8-7-17(5-4-12(8)16)13(18)10-3-2-9(15)6-11(10)14/h2-3,6,8,12H,4-5,7,16H2,1H3. The minimum Gasteiger partial charge on any atom is -0.338 e. The predicted octanol–water partition coefficient (Wildman–Crippen LogP) is 2.40. The van der Waals surface area contributed by atoms with E-state index in [1.165, 1.54) is 18.2 Å². The third-order valence-electron chi connectivity index (χ3n) is 3.42. The monoisotopic (exact) mass is 314 g/mol. The van der Waals surface area contributed by atoms with Crippen molar-refractivity contribution in [3.05, 3.63) is 34.1 Å². The van der Waals surface area contributed by atoms with Crippen LogP contribution in [0.3, 0.4) is 0 Å². The number of benzene rings is 1. The smallest absolute Gasteiger partial charge is 0.255 e. The summed E-state index contributed by atoms with van der Waals surface area (Å²) < 4.78 is 13.5. The van der Waals surface area contributed by atoms with Gasteiger partial charge in [0.15, 0.2) is 0 Å². The van der Waals surface area contributed by atoms with E-state index in [1.807, 2.05) is 6.92 Å². The van der Waals surface area contributed by atoms with Crippen LogP contribution < -0.4 is 5.73 Å². The van der Waals surface area contributed by atoms with Crippen molar-refractivity contribution in [1.29, 1.82) is 0 Å². The van der Waals surface area contributed by atoms with E-state index in [1.54, 1.807) is 4.90 Å². The van der Waals surface area contributed by atoms with Crippen molar-refractivity contribution in [3.63, 3.8) is 0 Å². The minimum atomic E-state index is -0.354. The number of rotatable bonds is 1. The topological polar surface area (TPSA) is 46.3 Å². The molecule has 1 heterocycles. The van der Waals surface area contributed by atoms with E-state index in [-0.39, 0.29) is 17.8 Å². The first-order valence-corrected chi connectivity index (χ1v) is 6.78. The van der Waals surface area contributed by atoms with Crippen LogP contribution in [0.2, 0.25) is 0 Å². The zero-order valence-electron chi connectivity index (χ0n) is 10.2. The largest absolute Gasteiger partial charge is 0.338 e. The molecule has 0 spiro atoms. The molecular formula is C13H16BrFN2O. The van der Waals surface area contributed by atoms with E-state index in [2.05, 4.69) is 15.9 Å². The first kappa shape index (κ1) is 13.5. The van der Waals surface area contributed by atoms with Gasteiger partial charge in [-0.15, -0.1) is 0 Å². The lowest BCUT2D eigenvalue weighted by Gasteiger charge is -2.35. The maximum atomic E-state index is 13.0. The number of amides is 1. The molecule has 2 unspecified atom stereocenters. The number of nitrogens with zero attached hydrogens (tertiary/aromatic N) is 1. The molecule has 2 rings (SSSR count). The molecule has 18 heavy (non-hydrogen) atoms. The van der Waals surface area contributed by atoms with Gasteiger partial charge in [0.2, 0.25) is 0 Å². The molecule has 5 heteroatoms. The van der Waals surface area contributed by atoms with Crippen molar-refractivity contribution in [2.75, 3.05) is 13.1 Å². The van der Waals surface area contributed by atoms with Gasteiger partial charge in [0, 0.05) is 23.6 Å². The Morgan fingerprint density at radius 3 is 2.89 bits per heavy atom. The second-order valence-corrected chi connectivity index (χ2v) is 5.66. The van der Waals surface area contributed by atoms with Crippen molar-refractivity contribution in [1.82, 2.24) is 4.90 Å². The second kappa shape index (κ2) is 5.36.